The van der Waals surface area contributed by atoms with Crippen molar-refractivity contribution in [2.75, 3.05) is 50.0 Å². The fraction of sp³-hybridized carbons (Fsp3) is 0.538. The van der Waals surface area contributed by atoms with E-state index < -0.39 is 0 Å². The molecule has 2 rings (SSSR count). The molecule has 0 atom stereocenters. The van der Waals surface area contributed by atoms with Gasteiger partial charge in [0, 0.05) is 32.7 Å². The van der Waals surface area contributed by atoms with Crippen molar-refractivity contribution in [3.8, 4) is 0 Å². The average Bonchev–Trinajstić information content (AvgIpc) is 2.39. The maximum atomic E-state index is 11.4. The van der Waals surface area contributed by atoms with Gasteiger partial charge in [0.25, 0.3) is 0 Å². The molecule has 0 bridgehead atoms. The van der Waals surface area contributed by atoms with Crippen LogP contribution in [0.5, 0.6) is 0 Å². The zero-order valence-electron chi connectivity index (χ0n) is 11.4. The highest BCUT2D eigenvalue weighted by Gasteiger charge is 2.25. The summed E-state index contributed by atoms with van der Waals surface area (Å²) in [4.78, 5) is 15.4. The highest BCUT2D eigenvalue weighted by atomic mass is 16.6. The van der Waals surface area contributed by atoms with Crippen molar-refractivity contribution < 1.29 is 4.92 Å². The van der Waals surface area contributed by atoms with Crippen LogP contribution in [0.1, 0.15) is 6.92 Å². The van der Waals surface area contributed by atoms with Crippen LogP contribution in [0.2, 0.25) is 0 Å². The zero-order chi connectivity index (χ0) is 13.8. The van der Waals surface area contributed by atoms with E-state index in [1.54, 1.807) is 6.07 Å². The third-order valence-corrected chi connectivity index (χ3v) is 3.41. The first-order valence-corrected chi connectivity index (χ1v) is 6.58. The second kappa shape index (κ2) is 5.88. The number of hydrogen-bond donors (Lipinski definition) is 1. The number of benzene rings is 1. The largest absolute Gasteiger partial charge is 0.380 e. The second-order valence-electron chi connectivity index (χ2n) is 4.75. The predicted octanol–water partition coefficient (Wildman–Crippen LogP) is 1.78. The molecule has 1 aliphatic rings. The lowest BCUT2D eigenvalue weighted by Crippen LogP contribution is -2.44. The number of piperazine rings is 1. The molecule has 1 fully saturated rings. The topological polar surface area (TPSA) is 61.6 Å². The summed E-state index contributed by atoms with van der Waals surface area (Å²) in [5.41, 5.74) is 1.51. The molecule has 1 aliphatic heterocycles. The van der Waals surface area contributed by atoms with Gasteiger partial charge in [0.1, 0.15) is 11.4 Å². The molecule has 0 spiro atoms. The van der Waals surface area contributed by atoms with Crippen molar-refractivity contribution in [2.24, 2.45) is 0 Å². The van der Waals surface area contributed by atoms with Gasteiger partial charge in [-0.2, -0.15) is 0 Å². The molecular weight excluding hydrogens is 244 g/mol. The lowest BCUT2D eigenvalue weighted by molar-refractivity contribution is -0.383. The Balaban J connectivity index is 2.33. The summed E-state index contributed by atoms with van der Waals surface area (Å²) in [6, 6.07) is 5.48. The monoisotopic (exact) mass is 264 g/mol. The van der Waals surface area contributed by atoms with Crippen LogP contribution < -0.4 is 10.2 Å². The van der Waals surface area contributed by atoms with E-state index in [0.717, 1.165) is 31.9 Å². The van der Waals surface area contributed by atoms with Crippen LogP contribution in [0, 0.1) is 10.1 Å². The van der Waals surface area contributed by atoms with Crippen molar-refractivity contribution in [2.45, 2.75) is 6.92 Å². The molecule has 6 heteroatoms. The highest BCUT2D eigenvalue weighted by molar-refractivity contribution is 5.77. The fourth-order valence-corrected chi connectivity index (χ4v) is 2.36. The van der Waals surface area contributed by atoms with Gasteiger partial charge < -0.3 is 15.1 Å². The third-order valence-electron chi connectivity index (χ3n) is 3.41. The Morgan fingerprint density at radius 3 is 2.58 bits per heavy atom. The van der Waals surface area contributed by atoms with E-state index in [1.165, 1.54) is 0 Å². The van der Waals surface area contributed by atoms with E-state index >= 15 is 0 Å². The first-order chi connectivity index (χ1) is 9.13. The normalized spacial score (nSPS) is 16.4. The molecule has 1 saturated heterocycles. The van der Waals surface area contributed by atoms with Crippen LogP contribution in [-0.2, 0) is 0 Å². The second-order valence-corrected chi connectivity index (χ2v) is 4.75. The van der Waals surface area contributed by atoms with E-state index in [0.29, 0.717) is 12.2 Å². The van der Waals surface area contributed by atoms with Crippen LogP contribution >= 0.6 is 0 Å². The number of para-hydroxylation sites is 1. The minimum atomic E-state index is -0.286. The summed E-state index contributed by atoms with van der Waals surface area (Å²) in [5.74, 6) is 0. The molecule has 0 aromatic heterocycles. The summed E-state index contributed by atoms with van der Waals surface area (Å²) in [6.07, 6.45) is 0. The maximum Gasteiger partial charge on any atom is 0.315 e. The Morgan fingerprint density at radius 2 is 2.00 bits per heavy atom. The maximum absolute atomic E-state index is 11.4. The van der Waals surface area contributed by atoms with Gasteiger partial charge >= 0.3 is 5.69 Å². The van der Waals surface area contributed by atoms with Gasteiger partial charge in [0.05, 0.1) is 4.92 Å². The Hall–Kier alpha value is -1.82. The van der Waals surface area contributed by atoms with E-state index in [1.807, 2.05) is 19.1 Å². The number of nitro groups is 1. The molecule has 1 aromatic rings. The van der Waals surface area contributed by atoms with Gasteiger partial charge in [-0.05, 0) is 26.1 Å². The Bertz CT molecular complexity index is 456. The summed E-state index contributed by atoms with van der Waals surface area (Å²) in [5, 5.41) is 14.4. The number of nitro benzene ring substituents is 1. The van der Waals surface area contributed by atoms with Crippen molar-refractivity contribution in [3.63, 3.8) is 0 Å². The Kier molecular flexibility index (Phi) is 4.21. The van der Waals surface area contributed by atoms with Crippen LogP contribution in [-0.4, -0.2) is 49.6 Å². The van der Waals surface area contributed by atoms with Gasteiger partial charge in [0.15, 0.2) is 0 Å². The molecule has 0 saturated carbocycles. The van der Waals surface area contributed by atoms with Gasteiger partial charge in [0.2, 0.25) is 0 Å². The number of anilines is 2. The van der Waals surface area contributed by atoms with E-state index in [9.17, 15) is 10.1 Å². The van der Waals surface area contributed by atoms with Gasteiger partial charge in [-0.3, -0.25) is 10.1 Å². The van der Waals surface area contributed by atoms with Crippen LogP contribution in [0.3, 0.4) is 0 Å². The molecule has 0 amide bonds. The van der Waals surface area contributed by atoms with Crippen molar-refractivity contribution in [1.29, 1.82) is 0 Å². The summed E-state index contributed by atoms with van der Waals surface area (Å²) < 4.78 is 0. The van der Waals surface area contributed by atoms with Crippen LogP contribution in [0.4, 0.5) is 17.1 Å². The van der Waals surface area contributed by atoms with Gasteiger partial charge in [-0.25, -0.2) is 0 Å². The molecule has 1 aromatic carbocycles. The molecular formula is C13H20N4O2. The van der Waals surface area contributed by atoms with Gasteiger partial charge in [-0.15, -0.1) is 0 Å². The smallest absolute Gasteiger partial charge is 0.315 e. The molecule has 19 heavy (non-hydrogen) atoms. The third kappa shape index (κ3) is 2.96. The number of hydrogen-bond acceptors (Lipinski definition) is 5. The molecule has 0 aliphatic carbocycles. The summed E-state index contributed by atoms with van der Waals surface area (Å²) >= 11 is 0. The summed E-state index contributed by atoms with van der Waals surface area (Å²) in [7, 11) is 2.07. The quantitative estimate of drug-likeness (QED) is 0.663. The van der Waals surface area contributed by atoms with Crippen LogP contribution in [0.25, 0.3) is 0 Å². The lowest BCUT2D eigenvalue weighted by atomic mass is 10.2. The number of rotatable bonds is 4. The molecule has 6 nitrogen and oxygen atoms in total. The van der Waals surface area contributed by atoms with E-state index in [-0.39, 0.29) is 10.6 Å². The minimum Gasteiger partial charge on any atom is -0.380 e. The SMILES string of the molecule is CCNc1cccc(N2CCN(C)CC2)c1[N+](=O)[O-]. The first-order valence-electron chi connectivity index (χ1n) is 6.58. The van der Waals surface area contributed by atoms with Gasteiger partial charge in [-0.1, -0.05) is 6.07 Å². The molecule has 1 heterocycles. The summed E-state index contributed by atoms with van der Waals surface area (Å²) in [6.45, 7) is 6.13. The molecule has 104 valence electrons. The first kappa shape index (κ1) is 13.6. The van der Waals surface area contributed by atoms with Crippen LogP contribution in [0.15, 0.2) is 18.2 Å². The standard InChI is InChI=1S/C13H20N4O2/c1-3-14-11-5-4-6-12(13(11)17(18)19)16-9-7-15(2)8-10-16/h4-6,14H,3,7-10H2,1-2H3. The van der Waals surface area contributed by atoms with Crippen molar-refractivity contribution in [1.82, 2.24) is 4.90 Å². The number of nitrogens with zero attached hydrogens (tertiary/aromatic N) is 3. The van der Waals surface area contributed by atoms with Crippen molar-refractivity contribution >= 4 is 17.1 Å². The predicted molar refractivity (Wildman–Crippen MR) is 77.0 cm³/mol. The highest BCUT2D eigenvalue weighted by Crippen LogP contribution is 2.35. The van der Waals surface area contributed by atoms with E-state index in [4.69, 9.17) is 0 Å². The molecule has 0 unspecified atom stereocenters. The molecule has 1 N–H and O–H groups in total. The molecule has 0 radical (unpaired) electrons. The zero-order valence-corrected chi connectivity index (χ0v) is 11.4. The lowest BCUT2D eigenvalue weighted by Gasteiger charge is -2.33. The Morgan fingerprint density at radius 1 is 1.32 bits per heavy atom. The van der Waals surface area contributed by atoms with Crippen molar-refractivity contribution in [3.05, 3.63) is 28.3 Å². The van der Waals surface area contributed by atoms with E-state index in [2.05, 4.69) is 22.2 Å². The fourth-order valence-electron chi connectivity index (χ4n) is 2.36. The number of nitrogens with one attached hydrogen (secondary N) is 1. The average molecular weight is 264 g/mol. The number of likely N-dealkylation sites (N-methyl/N-ethyl adjacent to an activating group) is 1. The minimum absolute atomic E-state index is 0.189. The Labute approximate surface area is 113 Å².